The fourth-order valence-corrected chi connectivity index (χ4v) is 2.13. The Bertz CT molecular complexity index is 421. The van der Waals surface area contributed by atoms with Crippen molar-refractivity contribution in [3.8, 4) is 0 Å². The molecule has 5 heteroatoms. The molecule has 0 atom stereocenters. The van der Waals surface area contributed by atoms with Crippen molar-refractivity contribution >= 4 is 33.5 Å². The predicted molar refractivity (Wildman–Crippen MR) is 72.1 cm³/mol. The Kier molecular flexibility index (Phi) is 4.98. The minimum absolute atomic E-state index is 0.289. The van der Waals surface area contributed by atoms with Crippen molar-refractivity contribution in [3.05, 3.63) is 33.3 Å². The SMILES string of the molecule is COC(=O)C(C)(C)NCc1ccc(Cl)cc1Br. The summed E-state index contributed by atoms with van der Waals surface area (Å²) in [6, 6.07) is 5.55. The lowest BCUT2D eigenvalue weighted by molar-refractivity contribution is -0.147. The van der Waals surface area contributed by atoms with Gasteiger partial charge in [0.2, 0.25) is 0 Å². The van der Waals surface area contributed by atoms with Crippen LogP contribution >= 0.6 is 27.5 Å². The molecule has 17 heavy (non-hydrogen) atoms. The van der Waals surface area contributed by atoms with Gasteiger partial charge in [-0.1, -0.05) is 33.6 Å². The lowest BCUT2D eigenvalue weighted by atomic mass is 10.1. The van der Waals surface area contributed by atoms with Crippen LogP contribution in [0.5, 0.6) is 0 Å². The molecule has 0 spiro atoms. The second-order valence-corrected chi connectivity index (χ2v) is 5.50. The summed E-state index contributed by atoms with van der Waals surface area (Å²) in [4.78, 5) is 11.5. The topological polar surface area (TPSA) is 38.3 Å². The number of carbonyl (C=O) groups excluding carboxylic acids is 1. The van der Waals surface area contributed by atoms with Crippen molar-refractivity contribution in [3.63, 3.8) is 0 Å². The molecule has 1 rings (SSSR count). The molecule has 0 amide bonds. The monoisotopic (exact) mass is 319 g/mol. The lowest BCUT2D eigenvalue weighted by Gasteiger charge is -2.23. The second kappa shape index (κ2) is 5.85. The number of ether oxygens (including phenoxy) is 1. The molecule has 0 aliphatic carbocycles. The average molecular weight is 321 g/mol. The first-order valence-electron chi connectivity index (χ1n) is 5.14. The van der Waals surface area contributed by atoms with Gasteiger partial charge in [-0.25, -0.2) is 0 Å². The smallest absolute Gasteiger partial charge is 0.325 e. The van der Waals surface area contributed by atoms with Gasteiger partial charge in [-0.3, -0.25) is 10.1 Å². The number of hydrogen-bond acceptors (Lipinski definition) is 3. The Balaban J connectivity index is 2.70. The van der Waals surface area contributed by atoms with Crippen molar-refractivity contribution in [2.45, 2.75) is 25.9 Å². The quantitative estimate of drug-likeness (QED) is 0.866. The number of methoxy groups -OCH3 is 1. The third kappa shape index (κ3) is 3.98. The minimum Gasteiger partial charge on any atom is -0.468 e. The molecule has 0 saturated heterocycles. The van der Waals surface area contributed by atoms with Crippen LogP contribution in [0.1, 0.15) is 19.4 Å². The molecule has 0 aliphatic heterocycles. The summed E-state index contributed by atoms with van der Waals surface area (Å²) >= 11 is 9.28. The molecule has 1 N–H and O–H groups in total. The van der Waals surface area contributed by atoms with E-state index < -0.39 is 5.54 Å². The summed E-state index contributed by atoms with van der Waals surface area (Å²) in [5.41, 5.74) is 0.319. The van der Waals surface area contributed by atoms with Crippen LogP contribution < -0.4 is 5.32 Å². The molecular weight excluding hydrogens is 305 g/mol. The molecule has 1 aromatic carbocycles. The number of carbonyl (C=O) groups is 1. The number of rotatable bonds is 4. The number of nitrogens with one attached hydrogen (secondary N) is 1. The maximum Gasteiger partial charge on any atom is 0.325 e. The Morgan fingerprint density at radius 1 is 1.53 bits per heavy atom. The van der Waals surface area contributed by atoms with Gasteiger partial charge in [-0.05, 0) is 31.5 Å². The van der Waals surface area contributed by atoms with Gasteiger partial charge in [0.05, 0.1) is 7.11 Å². The van der Waals surface area contributed by atoms with E-state index in [1.54, 1.807) is 13.8 Å². The molecule has 0 unspecified atom stereocenters. The standard InChI is InChI=1S/C12H15BrClNO2/c1-12(2,11(16)17-3)15-7-8-4-5-9(14)6-10(8)13/h4-6,15H,7H2,1-3H3. The van der Waals surface area contributed by atoms with E-state index in [4.69, 9.17) is 16.3 Å². The van der Waals surface area contributed by atoms with Crippen LogP contribution in [-0.2, 0) is 16.1 Å². The van der Waals surface area contributed by atoms with Gasteiger partial charge < -0.3 is 4.74 Å². The van der Waals surface area contributed by atoms with Gasteiger partial charge in [-0.2, -0.15) is 0 Å². The third-order valence-electron chi connectivity index (χ3n) is 2.43. The largest absolute Gasteiger partial charge is 0.468 e. The lowest BCUT2D eigenvalue weighted by Crippen LogP contribution is -2.47. The maximum atomic E-state index is 11.5. The fraction of sp³-hybridized carbons (Fsp3) is 0.417. The highest BCUT2D eigenvalue weighted by Gasteiger charge is 2.27. The first-order valence-corrected chi connectivity index (χ1v) is 6.31. The van der Waals surface area contributed by atoms with Gasteiger partial charge in [0.1, 0.15) is 5.54 Å². The third-order valence-corrected chi connectivity index (χ3v) is 3.40. The highest BCUT2D eigenvalue weighted by molar-refractivity contribution is 9.10. The number of halogens is 2. The molecule has 3 nitrogen and oxygen atoms in total. The number of esters is 1. The van der Waals surface area contributed by atoms with Gasteiger partial charge in [-0.15, -0.1) is 0 Å². The molecule has 94 valence electrons. The van der Waals surface area contributed by atoms with Crippen LogP contribution in [-0.4, -0.2) is 18.6 Å². The number of hydrogen-bond donors (Lipinski definition) is 1. The van der Waals surface area contributed by atoms with Crippen molar-refractivity contribution in [1.29, 1.82) is 0 Å². The van der Waals surface area contributed by atoms with E-state index in [9.17, 15) is 4.79 Å². The Morgan fingerprint density at radius 2 is 2.18 bits per heavy atom. The summed E-state index contributed by atoms with van der Waals surface area (Å²) in [5, 5.41) is 3.81. The predicted octanol–water partition coefficient (Wildman–Crippen LogP) is 3.14. The van der Waals surface area contributed by atoms with Crippen LogP contribution in [0.4, 0.5) is 0 Å². The average Bonchev–Trinajstić information content (AvgIpc) is 2.26. The first-order chi connectivity index (χ1) is 7.86. The van der Waals surface area contributed by atoms with E-state index in [2.05, 4.69) is 21.2 Å². The van der Waals surface area contributed by atoms with Gasteiger partial charge in [0.25, 0.3) is 0 Å². The molecule has 1 aromatic rings. The zero-order valence-electron chi connectivity index (χ0n) is 10.0. The Labute approximate surface area is 115 Å². The first kappa shape index (κ1) is 14.5. The highest BCUT2D eigenvalue weighted by atomic mass is 79.9. The van der Waals surface area contributed by atoms with E-state index >= 15 is 0 Å². The second-order valence-electron chi connectivity index (χ2n) is 4.21. The van der Waals surface area contributed by atoms with Crippen LogP contribution in [0.3, 0.4) is 0 Å². The van der Waals surface area contributed by atoms with Crippen molar-refractivity contribution in [2.75, 3.05) is 7.11 Å². The Hall–Kier alpha value is -0.580. The molecule has 0 fully saturated rings. The zero-order chi connectivity index (χ0) is 13.1. The van der Waals surface area contributed by atoms with E-state index in [0.717, 1.165) is 10.0 Å². The Morgan fingerprint density at radius 3 is 2.71 bits per heavy atom. The molecular formula is C12H15BrClNO2. The van der Waals surface area contributed by atoms with Crippen LogP contribution in [0, 0.1) is 0 Å². The van der Waals surface area contributed by atoms with Crippen molar-refractivity contribution in [1.82, 2.24) is 5.32 Å². The van der Waals surface area contributed by atoms with Crippen LogP contribution in [0.15, 0.2) is 22.7 Å². The highest BCUT2D eigenvalue weighted by Crippen LogP contribution is 2.22. The fourth-order valence-electron chi connectivity index (χ4n) is 1.31. The normalized spacial score (nSPS) is 11.4. The minimum atomic E-state index is -0.714. The van der Waals surface area contributed by atoms with Gasteiger partial charge in [0.15, 0.2) is 0 Å². The molecule has 0 heterocycles. The van der Waals surface area contributed by atoms with Crippen LogP contribution in [0.25, 0.3) is 0 Å². The van der Waals surface area contributed by atoms with Crippen LogP contribution in [0.2, 0.25) is 5.02 Å². The molecule has 0 bridgehead atoms. The van der Waals surface area contributed by atoms with Gasteiger partial charge in [0, 0.05) is 16.0 Å². The number of benzene rings is 1. The molecule has 0 aromatic heterocycles. The summed E-state index contributed by atoms with van der Waals surface area (Å²) < 4.78 is 5.63. The van der Waals surface area contributed by atoms with E-state index in [1.165, 1.54) is 7.11 Å². The van der Waals surface area contributed by atoms with E-state index in [1.807, 2.05) is 18.2 Å². The summed E-state index contributed by atoms with van der Waals surface area (Å²) in [7, 11) is 1.38. The summed E-state index contributed by atoms with van der Waals surface area (Å²) in [6.07, 6.45) is 0. The summed E-state index contributed by atoms with van der Waals surface area (Å²) in [6.45, 7) is 4.12. The van der Waals surface area contributed by atoms with E-state index in [-0.39, 0.29) is 5.97 Å². The molecule has 0 radical (unpaired) electrons. The van der Waals surface area contributed by atoms with Crippen molar-refractivity contribution < 1.29 is 9.53 Å². The van der Waals surface area contributed by atoms with Gasteiger partial charge >= 0.3 is 5.97 Å². The zero-order valence-corrected chi connectivity index (χ0v) is 12.4. The van der Waals surface area contributed by atoms with Crippen molar-refractivity contribution in [2.24, 2.45) is 0 Å². The van der Waals surface area contributed by atoms with E-state index in [0.29, 0.717) is 11.6 Å². The maximum absolute atomic E-state index is 11.5. The molecule has 0 aliphatic rings. The summed E-state index contributed by atoms with van der Waals surface area (Å²) in [5.74, 6) is -0.289. The molecule has 0 saturated carbocycles.